The molecule has 0 saturated heterocycles. The zero-order valence-corrected chi connectivity index (χ0v) is 10.2. The van der Waals surface area contributed by atoms with Gasteiger partial charge in [0.15, 0.2) is 0 Å². The van der Waals surface area contributed by atoms with Gasteiger partial charge >= 0.3 is 5.97 Å². The Morgan fingerprint density at radius 3 is 3.12 bits per heavy atom. The molecule has 4 heteroatoms. The molecule has 0 saturated carbocycles. The van der Waals surface area contributed by atoms with E-state index in [1.807, 2.05) is 12.1 Å². The van der Waals surface area contributed by atoms with Crippen LogP contribution in [0.15, 0.2) is 23.1 Å². The summed E-state index contributed by atoms with van der Waals surface area (Å²) in [5.74, 6) is -0.192. The van der Waals surface area contributed by atoms with Gasteiger partial charge in [-0.1, -0.05) is 0 Å². The average molecular weight is 237 g/mol. The number of benzene rings is 1. The Labute approximate surface area is 101 Å². The third kappa shape index (κ3) is 2.32. The van der Waals surface area contributed by atoms with Gasteiger partial charge in [-0.2, -0.15) is 0 Å². The lowest BCUT2D eigenvalue weighted by atomic mass is 10.0. The first kappa shape index (κ1) is 11.3. The fraction of sp³-hybridized carbons (Fsp3) is 0.417. The van der Waals surface area contributed by atoms with Crippen molar-refractivity contribution in [2.45, 2.75) is 17.7 Å². The topological polar surface area (TPSA) is 29.5 Å². The number of anilines is 1. The van der Waals surface area contributed by atoms with Gasteiger partial charge in [-0.05, 0) is 36.6 Å². The summed E-state index contributed by atoms with van der Waals surface area (Å²) in [6, 6.07) is 6.05. The zero-order chi connectivity index (χ0) is 11.5. The van der Waals surface area contributed by atoms with E-state index in [4.69, 9.17) is 4.74 Å². The van der Waals surface area contributed by atoms with Crippen LogP contribution >= 0.6 is 12.6 Å². The molecule has 0 atom stereocenters. The van der Waals surface area contributed by atoms with Gasteiger partial charge < -0.3 is 9.64 Å². The van der Waals surface area contributed by atoms with Crippen molar-refractivity contribution in [2.75, 3.05) is 25.1 Å². The molecule has 0 aliphatic carbocycles. The van der Waals surface area contributed by atoms with E-state index >= 15 is 0 Å². The molecule has 1 heterocycles. The molecule has 0 bridgehead atoms. The van der Waals surface area contributed by atoms with E-state index in [1.54, 1.807) is 0 Å². The van der Waals surface area contributed by atoms with Crippen molar-refractivity contribution in [1.82, 2.24) is 0 Å². The Morgan fingerprint density at radius 2 is 2.38 bits per heavy atom. The largest absolute Gasteiger partial charge is 0.468 e. The number of nitrogens with zero attached hydrogens (tertiary/aromatic N) is 1. The van der Waals surface area contributed by atoms with Gasteiger partial charge in [-0.3, -0.25) is 4.79 Å². The zero-order valence-electron chi connectivity index (χ0n) is 9.27. The van der Waals surface area contributed by atoms with Crippen LogP contribution in [0, 0.1) is 0 Å². The number of carbonyl (C=O) groups is 1. The van der Waals surface area contributed by atoms with Gasteiger partial charge in [-0.25, -0.2) is 0 Å². The quantitative estimate of drug-likeness (QED) is 0.629. The summed E-state index contributed by atoms with van der Waals surface area (Å²) in [5.41, 5.74) is 2.40. The second-order valence-electron chi connectivity index (χ2n) is 3.91. The number of thiol groups is 1. The Kier molecular flexibility index (Phi) is 3.39. The van der Waals surface area contributed by atoms with Crippen LogP contribution in [0.25, 0.3) is 0 Å². The summed E-state index contributed by atoms with van der Waals surface area (Å²) in [6.45, 7) is 1.24. The van der Waals surface area contributed by atoms with Crippen molar-refractivity contribution in [3.8, 4) is 0 Å². The summed E-state index contributed by atoms with van der Waals surface area (Å²) in [5, 5.41) is 0. The number of hydrogen-bond donors (Lipinski definition) is 1. The summed E-state index contributed by atoms with van der Waals surface area (Å²) in [7, 11) is 1.42. The van der Waals surface area contributed by atoms with Crippen LogP contribution in [-0.4, -0.2) is 26.2 Å². The molecule has 0 N–H and O–H groups in total. The lowest BCUT2D eigenvalue weighted by molar-refractivity contribution is -0.138. The van der Waals surface area contributed by atoms with Gasteiger partial charge in [0.1, 0.15) is 6.54 Å². The molecular formula is C12H15NO2S. The van der Waals surface area contributed by atoms with Gasteiger partial charge in [-0.15, -0.1) is 12.6 Å². The minimum atomic E-state index is -0.192. The van der Waals surface area contributed by atoms with Crippen molar-refractivity contribution in [2.24, 2.45) is 0 Å². The second kappa shape index (κ2) is 4.78. The highest BCUT2D eigenvalue weighted by molar-refractivity contribution is 7.80. The van der Waals surface area contributed by atoms with E-state index in [-0.39, 0.29) is 5.97 Å². The van der Waals surface area contributed by atoms with Crippen molar-refractivity contribution < 1.29 is 9.53 Å². The van der Waals surface area contributed by atoms with Gasteiger partial charge in [0.25, 0.3) is 0 Å². The molecule has 0 spiro atoms. The first-order chi connectivity index (χ1) is 7.70. The second-order valence-corrected chi connectivity index (χ2v) is 4.43. The fourth-order valence-corrected chi connectivity index (χ4v) is 2.28. The maximum absolute atomic E-state index is 11.3. The van der Waals surface area contributed by atoms with E-state index in [9.17, 15) is 4.79 Å². The van der Waals surface area contributed by atoms with Crippen LogP contribution in [0.1, 0.15) is 12.0 Å². The number of fused-ring (bicyclic) bond motifs is 1. The molecule has 1 aromatic carbocycles. The number of rotatable bonds is 2. The van der Waals surface area contributed by atoms with E-state index in [0.717, 1.165) is 30.0 Å². The average Bonchev–Trinajstić information content (AvgIpc) is 2.28. The number of methoxy groups -OCH3 is 1. The molecular weight excluding hydrogens is 222 g/mol. The summed E-state index contributed by atoms with van der Waals surface area (Å²) < 4.78 is 4.70. The molecule has 0 aromatic heterocycles. The van der Waals surface area contributed by atoms with Crippen molar-refractivity contribution in [1.29, 1.82) is 0 Å². The normalized spacial score (nSPS) is 14.5. The Morgan fingerprint density at radius 1 is 1.56 bits per heavy atom. The lowest BCUT2D eigenvalue weighted by Gasteiger charge is -2.30. The highest BCUT2D eigenvalue weighted by Gasteiger charge is 2.19. The van der Waals surface area contributed by atoms with Crippen LogP contribution in [0.3, 0.4) is 0 Å². The highest BCUT2D eigenvalue weighted by Crippen LogP contribution is 2.28. The van der Waals surface area contributed by atoms with E-state index in [0.29, 0.717) is 6.54 Å². The van der Waals surface area contributed by atoms with Gasteiger partial charge in [0, 0.05) is 17.1 Å². The van der Waals surface area contributed by atoms with Crippen LogP contribution in [0.5, 0.6) is 0 Å². The first-order valence-corrected chi connectivity index (χ1v) is 5.79. The molecule has 1 aromatic rings. The number of hydrogen-bond acceptors (Lipinski definition) is 4. The molecule has 0 radical (unpaired) electrons. The molecule has 2 rings (SSSR count). The lowest BCUT2D eigenvalue weighted by Crippen LogP contribution is -2.34. The molecule has 1 aliphatic rings. The molecule has 1 aliphatic heterocycles. The molecule has 3 nitrogen and oxygen atoms in total. The minimum absolute atomic E-state index is 0.192. The maximum Gasteiger partial charge on any atom is 0.325 e. The monoisotopic (exact) mass is 237 g/mol. The van der Waals surface area contributed by atoms with Crippen LogP contribution < -0.4 is 4.90 Å². The molecule has 0 amide bonds. The van der Waals surface area contributed by atoms with Crippen LogP contribution in [0.2, 0.25) is 0 Å². The van der Waals surface area contributed by atoms with Crippen molar-refractivity contribution in [3.63, 3.8) is 0 Å². The predicted molar refractivity (Wildman–Crippen MR) is 66.2 cm³/mol. The maximum atomic E-state index is 11.3. The summed E-state index contributed by atoms with van der Waals surface area (Å²) in [6.07, 6.45) is 2.13. The number of ether oxygens (including phenoxy) is 1. The molecule has 16 heavy (non-hydrogen) atoms. The van der Waals surface area contributed by atoms with E-state index in [2.05, 4.69) is 23.6 Å². The van der Waals surface area contributed by atoms with Crippen molar-refractivity contribution >= 4 is 24.3 Å². The van der Waals surface area contributed by atoms with Crippen LogP contribution in [0.4, 0.5) is 5.69 Å². The van der Waals surface area contributed by atoms with Crippen molar-refractivity contribution in [3.05, 3.63) is 23.8 Å². The summed E-state index contributed by atoms with van der Waals surface area (Å²) >= 11 is 4.33. The minimum Gasteiger partial charge on any atom is -0.468 e. The Balaban J connectivity index is 2.23. The first-order valence-electron chi connectivity index (χ1n) is 5.34. The fourth-order valence-electron chi connectivity index (χ4n) is 2.05. The van der Waals surface area contributed by atoms with E-state index in [1.165, 1.54) is 12.7 Å². The third-order valence-electron chi connectivity index (χ3n) is 2.83. The highest BCUT2D eigenvalue weighted by atomic mass is 32.1. The van der Waals surface area contributed by atoms with E-state index < -0.39 is 0 Å². The standard InChI is InChI=1S/C12H15NO2S/c1-15-12(14)8-13-6-2-3-9-7-10(16)4-5-11(9)13/h4-5,7,16H,2-3,6,8H2,1H3. The third-order valence-corrected chi connectivity index (χ3v) is 3.10. The van der Waals surface area contributed by atoms with Gasteiger partial charge in [0.05, 0.1) is 7.11 Å². The number of esters is 1. The SMILES string of the molecule is COC(=O)CN1CCCc2cc(S)ccc21. The van der Waals surface area contributed by atoms with Crippen LogP contribution in [-0.2, 0) is 16.0 Å². The number of aryl methyl sites for hydroxylation is 1. The Hall–Kier alpha value is -1.16. The Bertz CT molecular complexity index is 406. The molecule has 0 unspecified atom stereocenters. The molecule has 86 valence electrons. The smallest absolute Gasteiger partial charge is 0.325 e. The van der Waals surface area contributed by atoms with Gasteiger partial charge in [0.2, 0.25) is 0 Å². The number of carbonyl (C=O) groups excluding carboxylic acids is 1. The molecule has 0 fully saturated rings. The summed E-state index contributed by atoms with van der Waals surface area (Å²) in [4.78, 5) is 14.3. The predicted octanol–water partition coefficient (Wildman–Crippen LogP) is 1.90.